The average molecular weight is 314 g/mol. The molecule has 0 aromatic heterocycles. The summed E-state index contributed by atoms with van der Waals surface area (Å²) in [7, 11) is 1.87. The van der Waals surface area contributed by atoms with Crippen LogP contribution in [0.25, 0.3) is 0 Å². The lowest BCUT2D eigenvalue weighted by Crippen LogP contribution is -2.16. The van der Waals surface area contributed by atoms with Crippen molar-refractivity contribution in [1.29, 1.82) is 0 Å². The van der Waals surface area contributed by atoms with Crippen molar-refractivity contribution in [2.75, 3.05) is 12.4 Å². The molecule has 0 aliphatic heterocycles. The predicted molar refractivity (Wildman–Crippen MR) is 88.0 cm³/mol. The Morgan fingerprint density at radius 2 is 1.86 bits per heavy atom. The standard InChI is InChI=1S/C15H23NO2S.H3NO/c1-3-4-5-6-7-14(15(17)18)19-13-10-8-12(16-2)9-11-13;1-2/h8-11,14,16H,3-7H2,1-2H3,(H,17,18);2H,1H2. The number of carboxylic acid groups (broad SMARTS) is 1. The van der Waals surface area contributed by atoms with Crippen molar-refractivity contribution in [2.24, 2.45) is 5.90 Å². The Morgan fingerprint density at radius 1 is 1.24 bits per heavy atom. The number of aliphatic carboxylic acids is 1. The molecule has 0 spiro atoms. The van der Waals surface area contributed by atoms with Crippen molar-refractivity contribution in [1.82, 2.24) is 0 Å². The van der Waals surface area contributed by atoms with E-state index in [0.717, 1.165) is 29.8 Å². The van der Waals surface area contributed by atoms with Crippen LogP contribution < -0.4 is 11.2 Å². The van der Waals surface area contributed by atoms with Gasteiger partial charge in [0.2, 0.25) is 0 Å². The van der Waals surface area contributed by atoms with Crippen molar-refractivity contribution >= 4 is 23.4 Å². The zero-order chi connectivity index (χ0) is 16.1. The van der Waals surface area contributed by atoms with Crippen molar-refractivity contribution < 1.29 is 15.1 Å². The second-order valence-electron chi connectivity index (χ2n) is 4.57. The Kier molecular flexibility index (Phi) is 11.8. The van der Waals surface area contributed by atoms with Gasteiger partial charge in [-0.2, -0.15) is 0 Å². The maximum Gasteiger partial charge on any atom is 0.316 e. The molecule has 1 rings (SSSR count). The fraction of sp³-hybridized carbons (Fsp3) is 0.533. The van der Waals surface area contributed by atoms with Crippen LogP contribution in [0.5, 0.6) is 0 Å². The number of anilines is 1. The number of carboxylic acids is 1. The highest BCUT2D eigenvalue weighted by Gasteiger charge is 2.18. The summed E-state index contributed by atoms with van der Waals surface area (Å²) in [6.45, 7) is 2.16. The molecule has 0 radical (unpaired) electrons. The second-order valence-corrected chi connectivity index (χ2v) is 5.84. The molecule has 21 heavy (non-hydrogen) atoms. The minimum atomic E-state index is -0.709. The number of carbonyl (C=O) groups is 1. The molecule has 1 unspecified atom stereocenters. The number of nitrogens with one attached hydrogen (secondary N) is 1. The van der Waals surface area contributed by atoms with E-state index in [2.05, 4.69) is 18.1 Å². The first-order valence-corrected chi connectivity index (χ1v) is 7.98. The number of thioether (sulfide) groups is 1. The molecule has 5 nitrogen and oxygen atoms in total. The molecule has 0 heterocycles. The summed E-state index contributed by atoms with van der Waals surface area (Å²) in [5, 5.41) is 18.5. The van der Waals surface area contributed by atoms with Gasteiger partial charge >= 0.3 is 5.97 Å². The fourth-order valence-electron chi connectivity index (χ4n) is 1.85. The van der Waals surface area contributed by atoms with Crippen LogP contribution in [0.2, 0.25) is 0 Å². The monoisotopic (exact) mass is 314 g/mol. The summed E-state index contributed by atoms with van der Waals surface area (Å²) in [6.07, 6.45) is 5.23. The fourth-order valence-corrected chi connectivity index (χ4v) is 2.86. The zero-order valence-corrected chi connectivity index (χ0v) is 13.5. The Labute approximate surface area is 130 Å². The highest BCUT2D eigenvalue weighted by Crippen LogP contribution is 2.28. The number of benzene rings is 1. The van der Waals surface area contributed by atoms with Gasteiger partial charge in [0.1, 0.15) is 5.25 Å². The van der Waals surface area contributed by atoms with E-state index >= 15 is 0 Å². The van der Waals surface area contributed by atoms with Crippen molar-refractivity contribution in [2.45, 2.75) is 49.2 Å². The van der Waals surface area contributed by atoms with Gasteiger partial charge in [0.25, 0.3) is 0 Å². The number of unbranched alkanes of at least 4 members (excludes halogenated alkanes) is 3. The highest BCUT2D eigenvalue weighted by molar-refractivity contribution is 8.00. The third kappa shape index (κ3) is 8.60. The van der Waals surface area contributed by atoms with E-state index in [1.807, 2.05) is 31.3 Å². The van der Waals surface area contributed by atoms with Crippen LogP contribution in [0.4, 0.5) is 5.69 Å². The molecular weight excluding hydrogens is 288 g/mol. The van der Waals surface area contributed by atoms with Gasteiger partial charge < -0.3 is 15.6 Å². The molecule has 5 N–H and O–H groups in total. The van der Waals surface area contributed by atoms with Gasteiger partial charge in [-0.25, -0.2) is 5.90 Å². The van der Waals surface area contributed by atoms with Crippen LogP contribution in [0.3, 0.4) is 0 Å². The lowest BCUT2D eigenvalue weighted by atomic mass is 10.1. The maximum absolute atomic E-state index is 11.3. The number of hydrogen-bond acceptors (Lipinski definition) is 5. The zero-order valence-electron chi connectivity index (χ0n) is 12.7. The first-order chi connectivity index (χ1) is 10.2. The van der Waals surface area contributed by atoms with Crippen LogP contribution in [0.15, 0.2) is 29.2 Å². The molecule has 120 valence electrons. The normalized spacial score (nSPS) is 11.2. The van der Waals surface area contributed by atoms with E-state index in [1.54, 1.807) is 0 Å². The third-order valence-electron chi connectivity index (χ3n) is 3.02. The SMILES string of the molecule is CCCCCCC(Sc1ccc(NC)cc1)C(=O)O.NO. The van der Waals surface area contributed by atoms with Gasteiger partial charge in [0, 0.05) is 17.6 Å². The molecule has 0 amide bonds. The van der Waals surface area contributed by atoms with E-state index in [0.29, 0.717) is 0 Å². The third-order valence-corrected chi connectivity index (χ3v) is 4.28. The molecular formula is C15H26N2O3S. The first kappa shape index (κ1) is 19.8. The van der Waals surface area contributed by atoms with E-state index in [9.17, 15) is 9.90 Å². The van der Waals surface area contributed by atoms with Gasteiger partial charge in [-0.3, -0.25) is 4.79 Å². The number of rotatable bonds is 9. The van der Waals surface area contributed by atoms with Gasteiger partial charge in [-0.05, 0) is 30.7 Å². The molecule has 0 saturated heterocycles. The molecule has 6 heteroatoms. The van der Waals surface area contributed by atoms with Crippen molar-refractivity contribution in [3.8, 4) is 0 Å². The summed E-state index contributed by atoms with van der Waals surface area (Å²) < 4.78 is 0. The largest absolute Gasteiger partial charge is 0.480 e. The molecule has 0 aliphatic carbocycles. The molecule has 0 saturated carbocycles. The maximum atomic E-state index is 11.3. The molecule has 1 aromatic carbocycles. The van der Waals surface area contributed by atoms with Crippen molar-refractivity contribution in [3.05, 3.63) is 24.3 Å². The van der Waals surface area contributed by atoms with Crippen LogP contribution in [-0.2, 0) is 4.79 Å². The predicted octanol–water partition coefficient (Wildman–Crippen LogP) is 3.58. The van der Waals surface area contributed by atoms with E-state index in [1.165, 1.54) is 24.6 Å². The summed E-state index contributed by atoms with van der Waals surface area (Å²) in [6, 6.07) is 7.88. The van der Waals surface area contributed by atoms with Gasteiger partial charge in [0.15, 0.2) is 0 Å². The van der Waals surface area contributed by atoms with Crippen LogP contribution >= 0.6 is 11.8 Å². The van der Waals surface area contributed by atoms with Crippen LogP contribution in [0.1, 0.15) is 39.0 Å². The average Bonchev–Trinajstić information content (AvgIpc) is 2.52. The topological polar surface area (TPSA) is 95.6 Å². The van der Waals surface area contributed by atoms with Crippen LogP contribution in [0, 0.1) is 0 Å². The smallest absolute Gasteiger partial charge is 0.316 e. The molecule has 0 aliphatic rings. The quantitative estimate of drug-likeness (QED) is 0.316. The molecule has 0 bridgehead atoms. The Balaban J connectivity index is 0.00000191. The molecule has 1 atom stereocenters. The first-order valence-electron chi connectivity index (χ1n) is 7.10. The number of nitrogens with two attached hydrogens (primary N) is 1. The van der Waals surface area contributed by atoms with Crippen LogP contribution in [-0.4, -0.2) is 28.6 Å². The summed E-state index contributed by atoms with van der Waals surface area (Å²) in [5.41, 5.74) is 1.04. The van der Waals surface area contributed by atoms with E-state index in [4.69, 9.17) is 5.21 Å². The minimum Gasteiger partial charge on any atom is -0.480 e. The van der Waals surface area contributed by atoms with Gasteiger partial charge in [0.05, 0.1) is 0 Å². The Morgan fingerprint density at radius 3 is 2.33 bits per heavy atom. The highest BCUT2D eigenvalue weighted by atomic mass is 32.2. The van der Waals surface area contributed by atoms with Gasteiger partial charge in [-0.1, -0.05) is 32.6 Å². The lowest BCUT2D eigenvalue weighted by Gasteiger charge is -2.12. The van der Waals surface area contributed by atoms with Crippen molar-refractivity contribution in [3.63, 3.8) is 0 Å². The summed E-state index contributed by atoms with van der Waals surface area (Å²) >= 11 is 1.45. The molecule has 0 fully saturated rings. The number of hydrogen-bond donors (Lipinski definition) is 4. The van der Waals surface area contributed by atoms with Gasteiger partial charge in [-0.15, -0.1) is 11.8 Å². The lowest BCUT2D eigenvalue weighted by molar-refractivity contribution is -0.136. The molecule has 1 aromatic rings. The second kappa shape index (κ2) is 12.5. The van der Waals surface area contributed by atoms with E-state index in [-0.39, 0.29) is 5.25 Å². The van der Waals surface area contributed by atoms with E-state index < -0.39 is 5.97 Å². The summed E-state index contributed by atoms with van der Waals surface area (Å²) in [4.78, 5) is 12.3. The Hall–Kier alpha value is -1.24. The minimum absolute atomic E-state index is 0.336. The summed E-state index contributed by atoms with van der Waals surface area (Å²) in [5.74, 6) is 2.79. The Bertz CT molecular complexity index is 385.